The van der Waals surface area contributed by atoms with E-state index in [9.17, 15) is 18.0 Å². The number of aliphatic imine (C=N–C) groups is 1. The molecular formula is C30H24F3N7O2. The molecule has 0 spiro atoms. The van der Waals surface area contributed by atoms with E-state index in [2.05, 4.69) is 15.3 Å². The number of hydrogen-bond donors (Lipinski definition) is 0. The minimum Gasteiger partial charge on any atom is -0.495 e. The molecular weight excluding hydrogens is 547 g/mol. The van der Waals surface area contributed by atoms with Gasteiger partial charge in [0.1, 0.15) is 18.0 Å². The molecule has 1 aliphatic rings. The van der Waals surface area contributed by atoms with Gasteiger partial charge in [-0.3, -0.25) is 9.69 Å². The van der Waals surface area contributed by atoms with Crippen molar-refractivity contribution in [3.05, 3.63) is 108 Å². The normalized spacial score (nSPS) is 15.3. The highest BCUT2D eigenvalue weighted by atomic mass is 19.4. The fraction of sp³-hybridized carbons (Fsp3) is 0.167. The zero-order valence-corrected chi connectivity index (χ0v) is 22.5. The number of para-hydroxylation sites is 1. The maximum Gasteiger partial charge on any atom is 0.406 e. The van der Waals surface area contributed by atoms with Crippen LogP contribution in [-0.4, -0.2) is 56.0 Å². The molecule has 1 amide bonds. The van der Waals surface area contributed by atoms with Crippen LogP contribution in [0, 0.1) is 6.92 Å². The van der Waals surface area contributed by atoms with Crippen LogP contribution in [0.2, 0.25) is 0 Å². The molecule has 0 saturated carbocycles. The van der Waals surface area contributed by atoms with E-state index in [1.165, 1.54) is 16.9 Å². The lowest BCUT2D eigenvalue weighted by Gasteiger charge is -2.26. The number of carbonyl (C=O) groups is 1. The molecule has 1 aliphatic heterocycles. The van der Waals surface area contributed by atoms with E-state index in [1.54, 1.807) is 68.0 Å². The Bertz CT molecular complexity index is 1790. The van der Waals surface area contributed by atoms with Gasteiger partial charge in [-0.1, -0.05) is 59.8 Å². The minimum absolute atomic E-state index is 0.111. The largest absolute Gasteiger partial charge is 0.495 e. The summed E-state index contributed by atoms with van der Waals surface area (Å²) in [5.74, 6) is -0.341. The number of carbonyl (C=O) groups excluding carboxylic acids is 1. The van der Waals surface area contributed by atoms with Crippen molar-refractivity contribution < 1.29 is 22.7 Å². The number of methoxy groups -OCH3 is 1. The number of nitrogens with zero attached hydrogens (tertiary/aromatic N) is 7. The van der Waals surface area contributed by atoms with Gasteiger partial charge in [-0.15, -0.1) is 5.10 Å². The average Bonchev–Trinajstić information content (AvgIpc) is 3.63. The van der Waals surface area contributed by atoms with Gasteiger partial charge in [-0.05, 0) is 25.1 Å². The molecule has 3 heterocycles. The van der Waals surface area contributed by atoms with Crippen molar-refractivity contribution in [2.45, 2.75) is 19.3 Å². The number of aromatic nitrogens is 5. The number of ether oxygens (including phenoxy) is 1. The third-order valence-corrected chi connectivity index (χ3v) is 6.80. The van der Waals surface area contributed by atoms with Crippen molar-refractivity contribution in [1.29, 1.82) is 0 Å². The number of anilines is 1. The third-order valence-electron chi connectivity index (χ3n) is 6.80. The summed E-state index contributed by atoms with van der Waals surface area (Å²) < 4.78 is 49.9. The van der Waals surface area contributed by atoms with Crippen LogP contribution in [0.15, 0.2) is 96.5 Å². The van der Waals surface area contributed by atoms with Gasteiger partial charge in [0.25, 0.3) is 5.91 Å². The molecule has 9 nitrogen and oxygen atoms in total. The molecule has 6 rings (SSSR count). The summed E-state index contributed by atoms with van der Waals surface area (Å²) in [6.45, 7) is 0.398. The summed E-state index contributed by atoms with van der Waals surface area (Å²) >= 11 is 0. The highest BCUT2D eigenvalue weighted by molar-refractivity contribution is 6.19. The Morgan fingerprint density at radius 2 is 1.69 bits per heavy atom. The molecule has 0 aliphatic carbocycles. The third kappa shape index (κ3) is 5.14. The van der Waals surface area contributed by atoms with Gasteiger partial charge < -0.3 is 9.30 Å². The van der Waals surface area contributed by atoms with Crippen LogP contribution in [0.25, 0.3) is 16.9 Å². The van der Waals surface area contributed by atoms with Crippen LogP contribution in [-0.2, 0) is 4.79 Å². The summed E-state index contributed by atoms with van der Waals surface area (Å²) in [7, 11) is 1.54. The second-order valence-electron chi connectivity index (χ2n) is 9.67. The van der Waals surface area contributed by atoms with Gasteiger partial charge in [-0.2, -0.15) is 13.2 Å². The Morgan fingerprint density at radius 3 is 2.40 bits per heavy atom. The zero-order valence-electron chi connectivity index (χ0n) is 22.5. The number of hydrogen-bond acceptors (Lipinski definition) is 6. The monoisotopic (exact) mass is 571 g/mol. The van der Waals surface area contributed by atoms with Crippen LogP contribution >= 0.6 is 0 Å². The molecule has 42 heavy (non-hydrogen) atoms. The number of imidazole rings is 1. The average molecular weight is 572 g/mol. The van der Waals surface area contributed by atoms with Crippen molar-refractivity contribution in [3.8, 4) is 22.7 Å². The number of aryl methyl sites for hydroxylation is 1. The fourth-order valence-corrected chi connectivity index (χ4v) is 4.89. The van der Waals surface area contributed by atoms with Gasteiger partial charge in [0.15, 0.2) is 0 Å². The lowest BCUT2D eigenvalue weighted by molar-refractivity contribution is -0.134. The summed E-state index contributed by atoms with van der Waals surface area (Å²) in [5, 5.41) is 8.38. The summed E-state index contributed by atoms with van der Waals surface area (Å²) in [5.41, 5.74) is 4.14. The smallest absolute Gasteiger partial charge is 0.406 e. The predicted molar refractivity (Wildman–Crippen MR) is 150 cm³/mol. The number of halogens is 3. The standard InChI is InChI=1S/C30H24F3N7O2/c1-19-15-38(18-34-19)25-13-12-21(14-26(25)42-2)23-16-40(37-36-23)28-29(41)39(17-30(31,32)33)24-11-7-6-10-22(24)27(35-28)20-8-4-3-5-9-20/h3-16,18,28H,17H2,1-2H3. The van der Waals surface area contributed by atoms with Crippen molar-refractivity contribution in [2.24, 2.45) is 4.99 Å². The maximum atomic E-state index is 13.8. The van der Waals surface area contributed by atoms with Gasteiger partial charge in [0.05, 0.1) is 42.4 Å². The van der Waals surface area contributed by atoms with Gasteiger partial charge in [-0.25, -0.2) is 14.7 Å². The number of rotatable bonds is 6. The molecule has 0 fully saturated rings. The molecule has 0 radical (unpaired) electrons. The summed E-state index contributed by atoms with van der Waals surface area (Å²) in [6, 6.07) is 20.8. The van der Waals surface area contributed by atoms with Crippen LogP contribution < -0.4 is 9.64 Å². The van der Waals surface area contributed by atoms with E-state index in [-0.39, 0.29) is 5.69 Å². The van der Waals surface area contributed by atoms with Gasteiger partial charge in [0, 0.05) is 22.9 Å². The topological polar surface area (TPSA) is 90.4 Å². The van der Waals surface area contributed by atoms with E-state index < -0.39 is 24.8 Å². The number of amides is 1. The molecule has 0 saturated heterocycles. The molecule has 3 aromatic carbocycles. The first-order valence-electron chi connectivity index (χ1n) is 12.9. The zero-order chi connectivity index (χ0) is 29.4. The lowest BCUT2D eigenvalue weighted by Crippen LogP contribution is -2.42. The number of alkyl halides is 3. The van der Waals surface area contributed by atoms with Crippen molar-refractivity contribution in [3.63, 3.8) is 0 Å². The first-order valence-corrected chi connectivity index (χ1v) is 12.9. The first kappa shape index (κ1) is 26.9. The quantitative estimate of drug-likeness (QED) is 0.273. The van der Waals surface area contributed by atoms with Gasteiger partial charge >= 0.3 is 6.18 Å². The van der Waals surface area contributed by atoms with Crippen LogP contribution in [0.1, 0.15) is 23.0 Å². The van der Waals surface area contributed by atoms with Crippen molar-refractivity contribution in [1.82, 2.24) is 24.5 Å². The second kappa shape index (κ2) is 10.6. The molecule has 5 aromatic rings. The Labute approximate surface area is 238 Å². The predicted octanol–water partition coefficient (Wildman–Crippen LogP) is 5.39. The van der Waals surface area contributed by atoms with Crippen molar-refractivity contribution in [2.75, 3.05) is 18.6 Å². The SMILES string of the molecule is COc1cc(-c2cn(C3N=C(c4ccccc4)c4ccccc4N(CC(F)(F)F)C3=O)nn2)ccc1-n1cnc(C)c1. The Morgan fingerprint density at radius 1 is 0.929 bits per heavy atom. The number of fused-ring (bicyclic) bond motifs is 1. The van der Waals surface area contributed by atoms with E-state index in [4.69, 9.17) is 9.73 Å². The van der Waals surface area contributed by atoms with Gasteiger partial charge in [0.2, 0.25) is 6.17 Å². The number of benzodiazepines with no additional fused rings is 1. The summed E-state index contributed by atoms with van der Waals surface area (Å²) in [4.78, 5) is 23.5. The molecule has 212 valence electrons. The fourth-order valence-electron chi connectivity index (χ4n) is 4.89. The molecule has 0 bridgehead atoms. The molecule has 2 aromatic heterocycles. The highest BCUT2D eigenvalue weighted by Gasteiger charge is 2.40. The first-order chi connectivity index (χ1) is 20.2. The van der Waals surface area contributed by atoms with Crippen molar-refractivity contribution >= 4 is 17.3 Å². The second-order valence-corrected chi connectivity index (χ2v) is 9.67. The maximum absolute atomic E-state index is 13.8. The van der Waals surface area contributed by atoms with E-state index >= 15 is 0 Å². The van der Waals surface area contributed by atoms with E-state index in [0.29, 0.717) is 38.7 Å². The van der Waals surface area contributed by atoms with Crippen LogP contribution in [0.4, 0.5) is 18.9 Å². The number of benzene rings is 3. The highest BCUT2D eigenvalue weighted by Crippen LogP contribution is 2.34. The minimum atomic E-state index is -4.65. The molecule has 1 unspecified atom stereocenters. The van der Waals surface area contributed by atoms with Crippen LogP contribution in [0.3, 0.4) is 0 Å². The Kier molecular flexibility index (Phi) is 6.81. The summed E-state index contributed by atoms with van der Waals surface area (Å²) in [6.07, 6.45) is -1.06. The molecule has 0 N–H and O–H groups in total. The Balaban J connectivity index is 1.44. The van der Waals surface area contributed by atoms with E-state index in [0.717, 1.165) is 11.4 Å². The Hall–Kier alpha value is -5.26. The molecule has 12 heteroatoms. The van der Waals surface area contributed by atoms with E-state index in [1.807, 2.05) is 29.8 Å². The molecule has 1 atom stereocenters. The lowest BCUT2D eigenvalue weighted by atomic mass is 10.0. The van der Waals surface area contributed by atoms with Crippen LogP contribution in [0.5, 0.6) is 5.75 Å².